The lowest BCUT2D eigenvalue weighted by atomic mass is 10.1. The Kier molecular flexibility index (Phi) is 6.51. The number of aliphatic imine (C=N–C) groups is 1. The first-order valence-electron chi connectivity index (χ1n) is 10.1. The van der Waals surface area contributed by atoms with Crippen LogP contribution >= 0.6 is 0 Å². The average molecular weight is 480 g/mol. The molecule has 1 aliphatic heterocycles. The number of nitrogens with zero attached hydrogens (tertiary/aromatic N) is 3. The number of hydrogen-bond donors (Lipinski definition) is 1. The summed E-state index contributed by atoms with van der Waals surface area (Å²) >= 11 is 0. The van der Waals surface area contributed by atoms with Gasteiger partial charge in [-0.15, -0.1) is 0 Å². The molecule has 0 bridgehead atoms. The van der Waals surface area contributed by atoms with Gasteiger partial charge in [0.1, 0.15) is 23.1 Å². The molecule has 1 aliphatic rings. The molecule has 0 radical (unpaired) electrons. The second kappa shape index (κ2) is 9.69. The van der Waals surface area contributed by atoms with Crippen LogP contribution in [0.2, 0.25) is 0 Å². The van der Waals surface area contributed by atoms with E-state index in [0.29, 0.717) is 11.6 Å². The fourth-order valence-electron chi connectivity index (χ4n) is 3.24. The van der Waals surface area contributed by atoms with Gasteiger partial charge in [-0.05, 0) is 54.6 Å². The van der Waals surface area contributed by atoms with E-state index in [0.717, 1.165) is 35.4 Å². The van der Waals surface area contributed by atoms with Gasteiger partial charge in [0, 0.05) is 34.9 Å². The van der Waals surface area contributed by atoms with Gasteiger partial charge in [0.05, 0.1) is 11.5 Å². The van der Waals surface area contributed by atoms with Crippen LogP contribution < -0.4 is 5.43 Å². The minimum Gasteiger partial charge on any atom is -0.293 e. The number of nitro benzene ring substituents is 1. The number of amides is 1. The molecule has 1 heterocycles. The van der Waals surface area contributed by atoms with E-state index in [1.54, 1.807) is 0 Å². The standard InChI is InChI=1S/C24H15F3N4O4/c25-17-6-1-15(2-7-17)23-29-21(11-16-3-8-18(26)12-20(16)27)24(33)30(23)28-13-22(32)14-4-9-19(10-5-14)31(34)35/h1-12,28H,13H2/b21-11-. The Labute approximate surface area is 196 Å². The zero-order chi connectivity index (χ0) is 25.1. The maximum absolute atomic E-state index is 14.1. The lowest BCUT2D eigenvalue weighted by Gasteiger charge is -2.19. The first-order chi connectivity index (χ1) is 16.7. The summed E-state index contributed by atoms with van der Waals surface area (Å²) < 4.78 is 40.7. The van der Waals surface area contributed by atoms with Gasteiger partial charge in [-0.3, -0.25) is 19.7 Å². The molecule has 0 spiro atoms. The topological polar surface area (TPSA) is 105 Å². The molecule has 1 amide bonds. The van der Waals surface area contributed by atoms with Crippen molar-refractivity contribution >= 4 is 29.3 Å². The molecule has 0 saturated heterocycles. The van der Waals surface area contributed by atoms with Crippen molar-refractivity contribution in [1.29, 1.82) is 0 Å². The molecular weight excluding hydrogens is 465 g/mol. The molecule has 8 nitrogen and oxygen atoms in total. The maximum Gasteiger partial charge on any atom is 0.292 e. The van der Waals surface area contributed by atoms with Crippen molar-refractivity contribution in [3.63, 3.8) is 0 Å². The molecule has 11 heteroatoms. The monoisotopic (exact) mass is 480 g/mol. The normalized spacial score (nSPS) is 14.4. The highest BCUT2D eigenvalue weighted by Crippen LogP contribution is 2.22. The van der Waals surface area contributed by atoms with Gasteiger partial charge < -0.3 is 0 Å². The van der Waals surface area contributed by atoms with E-state index < -0.39 is 34.1 Å². The summed E-state index contributed by atoms with van der Waals surface area (Å²) in [6.07, 6.45) is 1.13. The SMILES string of the molecule is O=C(CNN1C(=O)/C(=C/c2ccc(F)cc2F)N=C1c1ccc(F)cc1)c1ccc([N+](=O)[O-])cc1. The van der Waals surface area contributed by atoms with Crippen molar-refractivity contribution in [2.75, 3.05) is 6.54 Å². The van der Waals surface area contributed by atoms with E-state index in [1.807, 2.05) is 0 Å². The van der Waals surface area contributed by atoms with Crippen LogP contribution in [0.15, 0.2) is 77.4 Å². The Balaban J connectivity index is 1.61. The minimum atomic E-state index is -0.899. The Morgan fingerprint density at radius 2 is 1.66 bits per heavy atom. The largest absolute Gasteiger partial charge is 0.293 e. The summed E-state index contributed by atoms with van der Waals surface area (Å²) in [7, 11) is 0. The highest BCUT2D eigenvalue weighted by Gasteiger charge is 2.32. The molecule has 35 heavy (non-hydrogen) atoms. The smallest absolute Gasteiger partial charge is 0.292 e. The number of benzene rings is 3. The molecule has 0 unspecified atom stereocenters. The molecule has 0 fully saturated rings. The number of ketones is 1. The van der Waals surface area contributed by atoms with E-state index in [2.05, 4.69) is 10.4 Å². The average Bonchev–Trinajstić information content (AvgIpc) is 3.14. The number of Topliss-reactive ketones (excluding diaryl/α,β-unsaturated/α-hetero) is 1. The Morgan fingerprint density at radius 1 is 1.00 bits per heavy atom. The van der Waals surface area contributed by atoms with Crippen molar-refractivity contribution in [3.8, 4) is 0 Å². The molecular formula is C24H15F3N4O4. The van der Waals surface area contributed by atoms with Crippen LogP contribution in [0.5, 0.6) is 0 Å². The van der Waals surface area contributed by atoms with Crippen molar-refractivity contribution < 1.29 is 27.7 Å². The van der Waals surface area contributed by atoms with Crippen molar-refractivity contribution in [3.05, 3.63) is 117 Å². The van der Waals surface area contributed by atoms with Crippen LogP contribution in [-0.2, 0) is 4.79 Å². The lowest BCUT2D eigenvalue weighted by Crippen LogP contribution is -2.46. The van der Waals surface area contributed by atoms with Gasteiger partial charge in [-0.25, -0.2) is 28.6 Å². The first kappa shape index (κ1) is 23.5. The van der Waals surface area contributed by atoms with Gasteiger partial charge in [-0.1, -0.05) is 0 Å². The number of nitrogens with one attached hydrogen (secondary N) is 1. The highest BCUT2D eigenvalue weighted by molar-refractivity contribution is 6.19. The number of carbonyl (C=O) groups is 2. The predicted molar refractivity (Wildman–Crippen MR) is 120 cm³/mol. The third-order valence-electron chi connectivity index (χ3n) is 5.02. The molecule has 4 rings (SSSR count). The maximum atomic E-state index is 14.1. The number of rotatable bonds is 7. The number of non-ortho nitro benzene ring substituents is 1. The molecule has 0 saturated carbocycles. The fourth-order valence-corrected chi connectivity index (χ4v) is 3.24. The van der Waals surface area contributed by atoms with E-state index in [9.17, 15) is 32.9 Å². The van der Waals surface area contributed by atoms with Crippen LogP contribution in [0.3, 0.4) is 0 Å². The Morgan fingerprint density at radius 3 is 2.29 bits per heavy atom. The van der Waals surface area contributed by atoms with Gasteiger partial charge in [-0.2, -0.15) is 0 Å². The highest BCUT2D eigenvalue weighted by atomic mass is 19.1. The summed E-state index contributed by atoms with van der Waals surface area (Å²) in [5.74, 6) is -3.39. The first-order valence-corrected chi connectivity index (χ1v) is 10.1. The number of hydrogen-bond acceptors (Lipinski definition) is 6. The summed E-state index contributed by atoms with van der Waals surface area (Å²) in [4.78, 5) is 40.0. The minimum absolute atomic E-state index is 0.0280. The molecule has 1 N–H and O–H groups in total. The number of nitro groups is 1. The van der Waals surface area contributed by atoms with E-state index >= 15 is 0 Å². The third-order valence-corrected chi connectivity index (χ3v) is 5.02. The third kappa shape index (κ3) is 5.14. The fraction of sp³-hybridized carbons (Fsp3) is 0.0417. The molecule has 0 atom stereocenters. The summed E-state index contributed by atoms with van der Waals surface area (Å²) in [5, 5.41) is 11.8. The summed E-state index contributed by atoms with van der Waals surface area (Å²) in [6, 6.07) is 12.8. The van der Waals surface area contributed by atoms with Crippen LogP contribution in [-0.4, -0.2) is 34.0 Å². The zero-order valence-electron chi connectivity index (χ0n) is 17.7. The Hall–Kier alpha value is -4.64. The van der Waals surface area contributed by atoms with Gasteiger partial charge in [0.25, 0.3) is 11.6 Å². The van der Waals surface area contributed by atoms with E-state index in [1.165, 1.54) is 36.4 Å². The second-order valence-electron chi connectivity index (χ2n) is 7.34. The second-order valence-corrected chi connectivity index (χ2v) is 7.34. The van der Waals surface area contributed by atoms with Crippen molar-refractivity contribution in [2.45, 2.75) is 0 Å². The van der Waals surface area contributed by atoms with Crippen molar-refractivity contribution in [1.82, 2.24) is 10.4 Å². The number of hydrazine groups is 1. The molecule has 3 aromatic carbocycles. The van der Waals surface area contributed by atoms with Gasteiger partial charge in [0.2, 0.25) is 0 Å². The lowest BCUT2D eigenvalue weighted by molar-refractivity contribution is -0.384. The van der Waals surface area contributed by atoms with Crippen LogP contribution in [0.1, 0.15) is 21.5 Å². The molecule has 176 valence electrons. The Bertz CT molecular complexity index is 1390. The predicted octanol–water partition coefficient (Wildman–Crippen LogP) is 4.03. The van der Waals surface area contributed by atoms with Gasteiger partial charge in [0.15, 0.2) is 11.6 Å². The molecule has 0 aliphatic carbocycles. The van der Waals surface area contributed by atoms with Gasteiger partial charge >= 0.3 is 0 Å². The number of amidine groups is 1. The molecule has 0 aromatic heterocycles. The molecule has 3 aromatic rings. The number of halogens is 3. The number of carbonyl (C=O) groups excluding carboxylic acids is 2. The van der Waals surface area contributed by atoms with Crippen LogP contribution in [0.25, 0.3) is 6.08 Å². The van der Waals surface area contributed by atoms with E-state index in [4.69, 9.17) is 0 Å². The van der Waals surface area contributed by atoms with E-state index in [-0.39, 0.29) is 34.9 Å². The zero-order valence-corrected chi connectivity index (χ0v) is 17.7. The van der Waals surface area contributed by atoms with Crippen LogP contribution in [0, 0.1) is 27.6 Å². The quantitative estimate of drug-likeness (QED) is 0.238. The van der Waals surface area contributed by atoms with Crippen molar-refractivity contribution in [2.24, 2.45) is 4.99 Å². The summed E-state index contributed by atoms with van der Waals surface area (Å²) in [6.45, 7) is -0.387. The summed E-state index contributed by atoms with van der Waals surface area (Å²) in [5.41, 5.74) is 2.68. The van der Waals surface area contributed by atoms with Crippen LogP contribution in [0.4, 0.5) is 18.9 Å².